The molecule has 0 unspecified atom stereocenters. The van der Waals surface area contributed by atoms with Crippen LogP contribution < -0.4 is 10.3 Å². The molecule has 1 N–H and O–H groups in total. The third-order valence-electron chi connectivity index (χ3n) is 6.50. The standard InChI is InChI=1S/C27H32N6O3/c1-3-35-23-10-11-25-21(14-23)13-22(27(34)28-25)16-32(15-20-8-6-19(2)7-9-20)18-26-29-30-31-33(26)17-24-5-4-12-36-24/h6-11,13-14,24H,3-5,12,15-18H2,1-2H3,(H,28,34)/t24-/m1/s1. The normalized spacial score (nSPS) is 15.7. The second kappa shape index (κ2) is 11.0. The van der Waals surface area contributed by atoms with Crippen LogP contribution in [0, 0.1) is 6.92 Å². The van der Waals surface area contributed by atoms with Crippen molar-refractivity contribution in [2.24, 2.45) is 0 Å². The Kier molecular flexibility index (Phi) is 7.39. The number of pyridine rings is 1. The lowest BCUT2D eigenvalue weighted by atomic mass is 10.1. The maximum atomic E-state index is 13.0. The lowest BCUT2D eigenvalue weighted by Crippen LogP contribution is -2.29. The van der Waals surface area contributed by atoms with Gasteiger partial charge in [-0.3, -0.25) is 9.69 Å². The molecule has 1 aliphatic rings. The van der Waals surface area contributed by atoms with Crippen LogP contribution in [-0.4, -0.2) is 49.4 Å². The molecule has 0 saturated carbocycles. The maximum Gasteiger partial charge on any atom is 0.252 e. The fourth-order valence-corrected chi connectivity index (χ4v) is 4.62. The number of hydrogen-bond donors (Lipinski definition) is 1. The van der Waals surface area contributed by atoms with Crippen molar-refractivity contribution in [2.45, 2.75) is 59.0 Å². The van der Waals surface area contributed by atoms with E-state index in [2.05, 4.69) is 56.6 Å². The Balaban J connectivity index is 1.42. The van der Waals surface area contributed by atoms with Gasteiger partial charge in [-0.05, 0) is 66.9 Å². The predicted molar refractivity (Wildman–Crippen MR) is 137 cm³/mol. The number of aromatic nitrogens is 5. The van der Waals surface area contributed by atoms with E-state index in [1.165, 1.54) is 5.56 Å². The number of H-pyrrole nitrogens is 1. The average Bonchev–Trinajstić information content (AvgIpc) is 3.54. The van der Waals surface area contributed by atoms with E-state index >= 15 is 0 Å². The van der Waals surface area contributed by atoms with E-state index in [4.69, 9.17) is 9.47 Å². The van der Waals surface area contributed by atoms with Crippen molar-refractivity contribution >= 4 is 10.9 Å². The maximum absolute atomic E-state index is 13.0. The van der Waals surface area contributed by atoms with Gasteiger partial charge in [0.05, 0.1) is 25.8 Å². The van der Waals surface area contributed by atoms with Crippen LogP contribution in [0.1, 0.15) is 42.3 Å². The van der Waals surface area contributed by atoms with Crippen molar-refractivity contribution in [1.82, 2.24) is 30.1 Å². The van der Waals surface area contributed by atoms with Crippen LogP contribution in [-0.2, 0) is 30.9 Å². The number of fused-ring (bicyclic) bond motifs is 1. The first-order chi connectivity index (χ1) is 17.6. The molecule has 9 nitrogen and oxygen atoms in total. The molecule has 2 aromatic carbocycles. The summed E-state index contributed by atoms with van der Waals surface area (Å²) in [6, 6.07) is 16.1. The van der Waals surface area contributed by atoms with E-state index in [1.54, 1.807) is 0 Å². The van der Waals surface area contributed by atoms with Crippen LogP contribution in [0.5, 0.6) is 5.75 Å². The van der Waals surface area contributed by atoms with E-state index < -0.39 is 0 Å². The molecule has 36 heavy (non-hydrogen) atoms. The lowest BCUT2D eigenvalue weighted by molar-refractivity contribution is 0.0914. The second-order valence-corrected chi connectivity index (χ2v) is 9.35. The number of hydrogen-bond acceptors (Lipinski definition) is 7. The molecule has 9 heteroatoms. The summed E-state index contributed by atoms with van der Waals surface area (Å²) in [5.41, 5.74) is 3.75. The highest BCUT2D eigenvalue weighted by atomic mass is 16.5. The zero-order valence-electron chi connectivity index (χ0n) is 20.8. The van der Waals surface area contributed by atoms with Crippen molar-refractivity contribution in [3.63, 3.8) is 0 Å². The minimum atomic E-state index is -0.0977. The van der Waals surface area contributed by atoms with Gasteiger partial charge in [0.25, 0.3) is 5.56 Å². The molecule has 0 amide bonds. The molecular formula is C27H32N6O3. The van der Waals surface area contributed by atoms with E-state index in [0.29, 0.717) is 38.3 Å². The van der Waals surface area contributed by atoms with Gasteiger partial charge < -0.3 is 14.5 Å². The van der Waals surface area contributed by atoms with Crippen LogP contribution in [0.4, 0.5) is 0 Å². The van der Waals surface area contributed by atoms with Crippen LogP contribution in [0.25, 0.3) is 10.9 Å². The van der Waals surface area contributed by atoms with Gasteiger partial charge in [0.15, 0.2) is 5.82 Å². The molecule has 0 aliphatic carbocycles. The Morgan fingerprint density at radius 3 is 2.78 bits per heavy atom. The van der Waals surface area contributed by atoms with Gasteiger partial charge in [-0.15, -0.1) is 5.10 Å². The van der Waals surface area contributed by atoms with Crippen molar-refractivity contribution in [2.75, 3.05) is 13.2 Å². The summed E-state index contributed by atoms with van der Waals surface area (Å²) in [4.78, 5) is 18.2. The Bertz CT molecular complexity index is 1360. The number of benzene rings is 2. The first kappa shape index (κ1) is 24.1. The van der Waals surface area contributed by atoms with E-state index in [1.807, 2.05) is 35.9 Å². The summed E-state index contributed by atoms with van der Waals surface area (Å²) in [6.07, 6.45) is 2.22. The summed E-state index contributed by atoms with van der Waals surface area (Å²) >= 11 is 0. The van der Waals surface area contributed by atoms with Crippen molar-refractivity contribution in [3.05, 3.63) is 81.4 Å². The van der Waals surface area contributed by atoms with Gasteiger partial charge in [0.1, 0.15) is 5.75 Å². The fourth-order valence-electron chi connectivity index (χ4n) is 4.62. The molecule has 1 saturated heterocycles. The Morgan fingerprint density at radius 1 is 1.14 bits per heavy atom. The SMILES string of the molecule is CCOc1ccc2[nH]c(=O)c(CN(Cc3ccc(C)cc3)Cc3nnnn3C[C@H]3CCCO3)cc2c1. The number of nitrogens with one attached hydrogen (secondary N) is 1. The third-order valence-corrected chi connectivity index (χ3v) is 6.50. The largest absolute Gasteiger partial charge is 0.494 e. The number of tetrazole rings is 1. The first-order valence-corrected chi connectivity index (χ1v) is 12.5. The number of aromatic amines is 1. The van der Waals surface area contributed by atoms with Crippen LogP contribution in [0.3, 0.4) is 0 Å². The summed E-state index contributed by atoms with van der Waals surface area (Å²) in [5, 5.41) is 13.4. The van der Waals surface area contributed by atoms with Gasteiger partial charge in [-0.1, -0.05) is 29.8 Å². The minimum absolute atomic E-state index is 0.0977. The molecule has 0 spiro atoms. The molecule has 1 atom stereocenters. The molecule has 1 aliphatic heterocycles. The second-order valence-electron chi connectivity index (χ2n) is 9.35. The van der Waals surface area contributed by atoms with Crippen molar-refractivity contribution < 1.29 is 9.47 Å². The highest BCUT2D eigenvalue weighted by Gasteiger charge is 2.21. The van der Waals surface area contributed by atoms with Crippen molar-refractivity contribution in [1.29, 1.82) is 0 Å². The smallest absolute Gasteiger partial charge is 0.252 e. The number of aryl methyl sites for hydroxylation is 1. The minimum Gasteiger partial charge on any atom is -0.494 e. The first-order valence-electron chi connectivity index (χ1n) is 12.5. The summed E-state index contributed by atoms with van der Waals surface area (Å²) < 4.78 is 13.3. The summed E-state index contributed by atoms with van der Waals surface area (Å²) in [5.74, 6) is 1.54. The van der Waals surface area contributed by atoms with Crippen LogP contribution in [0.2, 0.25) is 0 Å². The van der Waals surface area contributed by atoms with Gasteiger partial charge in [-0.25, -0.2) is 4.68 Å². The van der Waals surface area contributed by atoms with Gasteiger partial charge in [-0.2, -0.15) is 0 Å². The third kappa shape index (κ3) is 5.80. The number of rotatable bonds is 10. The van der Waals surface area contributed by atoms with Crippen LogP contribution in [0.15, 0.2) is 53.3 Å². The van der Waals surface area contributed by atoms with Gasteiger partial charge in [0.2, 0.25) is 0 Å². The lowest BCUT2D eigenvalue weighted by Gasteiger charge is -2.22. The number of ether oxygens (including phenoxy) is 2. The molecule has 1 fully saturated rings. The molecule has 188 valence electrons. The molecule has 5 rings (SSSR count). The zero-order valence-corrected chi connectivity index (χ0v) is 20.8. The molecule has 4 aromatic rings. The number of nitrogens with zero attached hydrogens (tertiary/aromatic N) is 5. The Hall–Kier alpha value is -3.56. The van der Waals surface area contributed by atoms with Crippen molar-refractivity contribution in [3.8, 4) is 5.75 Å². The Labute approximate surface area is 210 Å². The molecular weight excluding hydrogens is 456 g/mol. The fraction of sp³-hybridized carbons (Fsp3) is 0.407. The summed E-state index contributed by atoms with van der Waals surface area (Å²) in [6.45, 7) is 7.66. The van der Waals surface area contributed by atoms with E-state index in [0.717, 1.165) is 47.5 Å². The van der Waals surface area contributed by atoms with Gasteiger partial charge in [0, 0.05) is 36.2 Å². The quantitative estimate of drug-likeness (QED) is 0.364. The highest BCUT2D eigenvalue weighted by Crippen LogP contribution is 2.21. The zero-order chi connectivity index (χ0) is 24.9. The van der Waals surface area contributed by atoms with Gasteiger partial charge >= 0.3 is 0 Å². The summed E-state index contributed by atoms with van der Waals surface area (Å²) in [7, 11) is 0. The molecule has 2 aromatic heterocycles. The highest BCUT2D eigenvalue weighted by molar-refractivity contribution is 5.80. The average molecular weight is 489 g/mol. The molecule has 0 bridgehead atoms. The Morgan fingerprint density at radius 2 is 2.00 bits per heavy atom. The van der Waals surface area contributed by atoms with Crippen LogP contribution >= 0.6 is 0 Å². The topological polar surface area (TPSA) is 98.2 Å². The monoisotopic (exact) mass is 488 g/mol. The predicted octanol–water partition coefficient (Wildman–Crippen LogP) is 3.60. The van der Waals surface area contributed by atoms with E-state index in [-0.39, 0.29) is 11.7 Å². The molecule has 0 radical (unpaired) electrons. The van der Waals surface area contributed by atoms with E-state index in [9.17, 15) is 4.79 Å². The molecule has 3 heterocycles.